The predicted octanol–water partition coefficient (Wildman–Crippen LogP) is 0.588. The number of nitrogens with one attached hydrogen (secondary N) is 2. The third-order valence-corrected chi connectivity index (χ3v) is 2.01. The molecule has 20 heavy (non-hydrogen) atoms. The first kappa shape index (κ1) is 23.3. The molecule has 6 N–H and O–H groups in total. The van der Waals surface area contributed by atoms with Crippen LogP contribution in [0, 0.1) is 10.8 Å². The summed E-state index contributed by atoms with van der Waals surface area (Å²) in [6.07, 6.45) is 5.90. The second-order valence-electron chi connectivity index (χ2n) is 3.62. The lowest BCUT2D eigenvalue weighted by Crippen LogP contribution is -2.32. The van der Waals surface area contributed by atoms with Gasteiger partial charge in [0.15, 0.2) is 0 Å². The zero-order chi connectivity index (χ0) is 16.2. The first-order chi connectivity index (χ1) is 9.55. The monoisotopic (exact) mass is 288 g/mol. The number of isocyanates is 2. The molecule has 0 amide bonds. The zero-order valence-corrected chi connectivity index (χ0v) is 11.8. The van der Waals surface area contributed by atoms with Crippen LogP contribution in [0.15, 0.2) is 0 Å². The molecule has 0 aliphatic rings. The van der Waals surface area contributed by atoms with Gasteiger partial charge in [0.2, 0.25) is 12.2 Å². The Balaban J connectivity index is -0.000000408. The van der Waals surface area contributed by atoms with Gasteiger partial charge in [0.1, 0.15) is 6.04 Å². The minimum absolute atomic E-state index is 0.282. The molecule has 1 unspecified atom stereocenters. The lowest BCUT2D eigenvalue weighted by Gasteiger charge is -2.10. The van der Waals surface area contributed by atoms with Crippen molar-refractivity contribution in [1.29, 1.82) is 10.8 Å². The quantitative estimate of drug-likeness (QED) is 0.221. The maximum atomic E-state index is 11.2. The number of ether oxygens (including phenoxy) is 1. The maximum Gasteiger partial charge on any atom is 0.322 e. The maximum absolute atomic E-state index is 11.2. The van der Waals surface area contributed by atoms with Gasteiger partial charge in [0.25, 0.3) is 0 Å². The molecule has 0 aromatic carbocycles. The highest BCUT2D eigenvalue weighted by Gasteiger charge is 2.13. The SMILES string of the molecule is CCCCOC(=O)C(N)CCCCN.N=C=O.N=C=O. The van der Waals surface area contributed by atoms with Crippen molar-refractivity contribution < 1.29 is 19.1 Å². The van der Waals surface area contributed by atoms with Gasteiger partial charge < -0.3 is 16.2 Å². The average molecular weight is 288 g/mol. The van der Waals surface area contributed by atoms with E-state index in [0.717, 1.165) is 37.8 Å². The molecule has 116 valence electrons. The number of carbonyl (C=O) groups excluding carboxylic acids is 3. The van der Waals surface area contributed by atoms with Gasteiger partial charge in [-0.2, -0.15) is 0 Å². The molecule has 0 aromatic rings. The molecular formula is C12H24N4O4. The molecule has 8 heteroatoms. The summed E-state index contributed by atoms with van der Waals surface area (Å²) in [5.41, 5.74) is 11.0. The Morgan fingerprint density at radius 1 is 1.20 bits per heavy atom. The Kier molecular flexibility index (Phi) is 26.0. The highest BCUT2D eigenvalue weighted by Crippen LogP contribution is 2.00. The van der Waals surface area contributed by atoms with Crippen LogP contribution < -0.4 is 11.5 Å². The summed E-state index contributed by atoms with van der Waals surface area (Å²) in [4.78, 5) is 27.9. The van der Waals surface area contributed by atoms with E-state index in [9.17, 15) is 4.79 Å². The Hall–Kier alpha value is -1.85. The number of unbranched alkanes of at least 4 members (excludes halogenated alkanes) is 2. The Morgan fingerprint density at radius 2 is 1.70 bits per heavy atom. The highest BCUT2D eigenvalue weighted by molar-refractivity contribution is 5.75. The fourth-order valence-electron chi connectivity index (χ4n) is 1.05. The van der Waals surface area contributed by atoms with Crippen LogP contribution in [0.3, 0.4) is 0 Å². The van der Waals surface area contributed by atoms with Gasteiger partial charge in [0, 0.05) is 0 Å². The number of hydrogen-bond acceptors (Lipinski definition) is 8. The summed E-state index contributed by atoms with van der Waals surface area (Å²) < 4.78 is 4.98. The van der Waals surface area contributed by atoms with Crippen molar-refractivity contribution in [3.8, 4) is 0 Å². The van der Waals surface area contributed by atoms with E-state index in [1.165, 1.54) is 0 Å². The van der Waals surface area contributed by atoms with Crippen molar-refractivity contribution in [3.63, 3.8) is 0 Å². The minimum Gasteiger partial charge on any atom is -0.465 e. The second kappa shape index (κ2) is 22.3. The normalized spacial score (nSPS) is 9.55. The van der Waals surface area contributed by atoms with Crippen molar-refractivity contribution in [1.82, 2.24) is 0 Å². The molecule has 0 aromatic heterocycles. The summed E-state index contributed by atoms with van der Waals surface area (Å²) in [6, 6.07) is -0.474. The van der Waals surface area contributed by atoms with E-state index in [1.807, 2.05) is 0 Å². The number of carbonyl (C=O) groups is 1. The van der Waals surface area contributed by atoms with E-state index in [2.05, 4.69) is 6.92 Å². The average Bonchev–Trinajstić information content (AvgIpc) is 2.41. The molecule has 0 fully saturated rings. The smallest absolute Gasteiger partial charge is 0.322 e. The van der Waals surface area contributed by atoms with Gasteiger partial charge in [-0.05, 0) is 25.8 Å². The summed E-state index contributed by atoms with van der Waals surface area (Å²) in [6.45, 7) is 3.19. The molecule has 0 rings (SSSR count). The van der Waals surface area contributed by atoms with E-state index < -0.39 is 6.04 Å². The molecule has 0 bridgehead atoms. The summed E-state index contributed by atoms with van der Waals surface area (Å²) in [5.74, 6) is -0.282. The molecular weight excluding hydrogens is 264 g/mol. The van der Waals surface area contributed by atoms with Gasteiger partial charge in [-0.15, -0.1) is 0 Å². The van der Waals surface area contributed by atoms with Gasteiger partial charge in [0.05, 0.1) is 6.61 Å². The first-order valence-corrected chi connectivity index (χ1v) is 6.25. The number of rotatable bonds is 8. The molecule has 0 saturated heterocycles. The number of esters is 1. The van der Waals surface area contributed by atoms with Crippen molar-refractivity contribution in [3.05, 3.63) is 0 Å². The number of hydrogen-bond donors (Lipinski definition) is 4. The zero-order valence-electron chi connectivity index (χ0n) is 11.8. The van der Waals surface area contributed by atoms with E-state index in [0.29, 0.717) is 19.6 Å². The molecule has 1 atom stereocenters. The van der Waals surface area contributed by atoms with Crippen LogP contribution in [0.2, 0.25) is 0 Å². The fraction of sp³-hybridized carbons (Fsp3) is 0.750. The number of nitrogens with two attached hydrogens (primary N) is 2. The fourth-order valence-corrected chi connectivity index (χ4v) is 1.05. The van der Waals surface area contributed by atoms with Gasteiger partial charge in [-0.25, -0.2) is 20.4 Å². The van der Waals surface area contributed by atoms with Crippen LogP contribution in [0.5, 0.6) is 0 Å². The first-order valence-electron chi connectivity index (χ1n) is 6.25. The Labute approximate surface area is 118 Å². The third-order valence-electron chi connectivity index (χ3n) is 2.01. The second-order valence-corrected chi connectivity index (χ2v) is 3.62. The highest BCUT2D eigenvalue weighted by atomic mass is 16.5. The van der Waals surface area contributed by atoms with Crippen molar-refractivity contribution >= 4 is 18.1 Å². The predicted molar refractivity (Wildman–Crippen MR) is 73.6 cm³/mol. The minimum atomic E-state index is -0.474. The van der Waals surface area contributed by atoms with Crippen LogP contribution >= 0.6 is 0 Å². The van der Waals surface area contributed by atoms with Crippen LogP contribution in [-0.4, -0.2) is 37.3 Å². The van der Waals surface area contributed by atoms with E-state index >= 15 is 0 Å². The van der Waals surface area contributed by atoms with Crippen molar-refractivity contribution in [2.45, 2.75) is 45.1 Å². The molecule has 0 heterocycles. The molecule has 0 aliphatic heterocycles. The van der Waals surface area contributed by atoms with Crippen LogP contribution in [0.25, 0.3) is 0 Å². The van der Waals surface area contributed by atoms with Crippen LogP contribution in [0.4, 0.5) is 0 Å². The third kappa shape index (κ3) is 25.1. The molecule has 0 spiro atoms. The largest absolute Gasteiger partial charge is 0.465 e. The van der Waals surface area contributed by atoms with E-state index in [1.54, 1.807) is 0 Å². The van der Waals surface area contributed by atoms with E-state index in [-0.39, 0.29) is 5.97 Å². The summed E-state index contributed by atoms with van der Waals surface area (Å²) in [5, 5.41) is 10.8. The lowest BCUT2D eigenvalue weighted by atomic mass is 10.1. The van der Waals surface area contributed by atoms with Crippen LogP contribution in [0.1, 0.15) is 39.0 Å². The van der Waals surface area contributed by atoms with E-state index in [4.69, 9.17) is 36.6 Å². The Bertz CT molecular complexity index is 273. The summed E-state index contributed by atoms with van der Waals surface area (Å²) in [7, 11) is 0. The summed E-state index contributed by atoms with van der Waals surface area (Å²) >= 11 is 0. The van der Waals surface area contributed by atoms with Crippen molar-refractivity contribution in [2.75, 3.05) is 13.2 Å². The molecule has 0 radical (unpaired) electrons. The van der Waals surface area contributed by atoms with Gasteiger partial charge in [-0.3, -0.25) is 4.79 Å². The van der Waals surface area contributed by atoms with Crippen LogP contribution in [-0.2, 0) is 19.1 Å². The van der Waals surface area contributed by atoms with Gasteiger partial charge in [-0.1, -0.05) is 19.8 Å². The molecule has 0 aliphatic carbocycles. The lowest BCUT2D eigenvalue weighted by molar-refractivity contribution is -0.145. The topological polar surface area (TPSA) is 160 Å². The van der Waals surface area contributed by atoms with Gasteiger partial charge >= 0.3 is 5.97 Å². The Morgan fingerprint density at radius 3 is 2.10 bits per heavy atom. The molecule has 0 saturated carbocycles. The van der Waals surface area contributed by atoms with Crippen molar-refractivity contribution in [2.24, 2.45) is 11.5 Å². The standard InChI is InChI=1S/C10H22N2O2.2CHNO/c1-2-3-8-14-10(13)9(12)6-4-5-7-11;2*2-1-3/h9H,2-8,11-12H2,1H3;2*2H. The molecule has 8 nitrogen and oxygen atoms in total.